The van der Waals surface area contributed by atoms with Gasteiger partial charge >= 0.3 is 7.12 Å². The molecule has 3 aliphatic rings. The van der Waals surface area contributed by atoms with Gasteiger partial charge in [-0.1, -0.05) is 0 Å². The molecule has 1 N–H and O–H groups in total. The van der Waals surface area contributed by atoms with E-state index in [1.165, 1.54) is 0 Å². The van der Waals surface area contributed by atoms with Crippen LogP contribution in [0.4, 0.5) is 4.39 Å². The molecular weight excluding hydrogens is 322 g/mol. The summed E-state index contributed by atoms with van der Waals surface area (Å²) in [6.45, 7) is 7.62. The van der Waals surface area contributed by atoms with Gasteiger partial charge in [-0.05, 0) is 70.2 Å². The van der Waals surface area contributed by atoms with Crippen LogP contribution in [0.5, 0.6) is 11.5 Å². The molecule has 0 aromatic heterocycles. The van der Waals surface area contributed by atoms with Crippen molar-refractivity contribution in [2.24, 2.45) is 5.92 Å². The van der Waals surface area contributed by atoms with E-state index in [-0.39, 0.29) is 11.9 Å². The second-order valence-corrected chi connectivity index (χ2v) is 8.29. The van der Waals surface area contributed by atoms with E-state index in [0.29, 0.717) is 29.2 Å². The van der Waals surface area contributed by atoms with Crippen molar-refractivity contribution in [3.63, 3.8) is 0 Å². The lowest BCUT2D eigenvalue weighted by atomic mass is 9.79. The molecule has 1 atom stereocenters. The quantitative estimate of drug-likeness (QED) is 0.813. The van der Waals surface area contributed by atoms with Crippen molar-refractivity contribution in [3.8, 4) is 11.5 Å². The van der Waals surface area contributed by atoms with Gasteiger partial charge in [0.15, 0.2) is 0 Å². The number of hydrogen-bond acceptors (Lipinski definition) is 4. The number of hydrogen-bond donors (Lipinski definition) is 1. The Bertz CT molecular complexity index is 723. The highest BCUT2D eigenvalue weighted by Gasteiger charge is 2.54. The van der Waals surface area contributed by atoms with Gasteiger partial charge in [0.2, 0.25) is 0 Å². The third-order valence-electron chi connectivity index (χ3n) is 5.87. The molecule has 0 radical (unpaired) electrons. The van der Waals surface area contributed by atoms with Crippen LogP contribution in [0.2, 0.25) is 0 Å². The number of rotatable bonds is 2. The molecule has 0 amide bonds. The minimum Gasteiger partial charge on any atom is -0.508 e. The van der Waals surface area contributed by atoms with Crippen molar-refractivity contribution in [1.82, 2.24) is 0 Å². The molecule has 1 aliphatic carbocycles. The average molecular weight is 346 g/mol. The lowest BCUT2D eigenvalue weighted by molar-refractivity contribution is 0.00578. The maximum atomic E-state index is 15.4. The van der Waals surface area contributed by atoms with Crippen LogP contribution >= 0.6 is 0 Å². The molecule has 1 saturated heterocycles. The summed E-state index contributed by atoms with van der Waals surface area (Å²) in [5, 5.41) is 9.84. The van der Waals surface area contributed by atoms with Gasteiger partial charge in [0.05, 0.1) is 11.2 Å². The summed E-state index contributed by atoms with van der Waals surface area (Å²) >= 11 is 0. The summed E-state index contributed by atoms with van der Waals surface area (Å²) in [5.74, 6) is 1.18. The molecule has 2 fully saturated rings. The Labute approximate surface area is 148 Å². The van der Waals surface area contributed by atoms with Crippen LogP contribution in [0.15, 0.2) is 23.9 Å². The number of fused-ring (bicyclic) bond motifs is 1. The Morgan fingerprint density at radius 3 is 2.40 bits per heavy atom. The molecule has 0 bridgehead atoms. The summed E-state index contributed by atoms with van der Waals surface area (Å²) in [5.41, 5.74) is -0.507. The number of aromatic hydroxyl groups is 1. The van der Waals surface area contributed by atoms with Crippen LogP contribution in [0.1, 0.15) is 52.5 Å². The first-order valence-electron chi connectivity index (χ1n) is 8.92. The van der Waals surface area contributed by atoms with Crippen LogP contribution in [0, 0.1) is 5.92 Å². The van der Waals surface area contributed by atoms with Crippen molar-refractivity contribution in [2.45, 2.75) is 64.3 Å². The first-order valence-corrected chi connectivity index (χ1v) is 8.92. The fraction of sp³-hybridized carbons (Fsp3) is 0.579. The van der Waals surface area contributed by atoms with E-state index < -0.39 is 24.0 Å². The monoisotopic (exact) mass is 346 g/mol. The van der Waals surface area contributed by atoms with Gasteiger partial charge in [0.1, 0.15) is 23.3 Å². The third kappa shape index (κ3) is 2.85. The van der Waals surface area contributed by atoms with Crippen molar-refractivity contribution >= 4 is 12.7 Å². The number of benzene rings is 1. The predicted octanol–water partition coefficient (Wildman–Crippen LogP) is 4.27. The highest BCUT2D eigenvalue weighted by Crippen LogP contribution is 2.48. The second kappa shape index (κ2) is 5.48. The molecule has 4 nitrogen and oxygen atoms in total. The summed E-state index contributed by atoms with van der Waals surface area (Å²) in [4.78, 5) is 0. The molecule has 134 valence electrons. The average Bonchev–Trinajstić information content (AvgIpc) is 3.33. The number of halogens is 1. The molecule has 2 heterocycles. The van der Waals surface area contributed by atoms with Crippen molar-refractivity contribution in [3.05, 3.63) is 29.5 Å². The van der Waals surface area contributed by atoms with E-state index in [1.54, 1.807) is 18.2 Å². The maximum absolute atomic E-state index is 15.4. The van der Waals surface area contributed by atoms with E-state index in [1.807, 2.05) is 27.7 Å². The second-order valence-electron chi connectivity index (χ2n) is 8.29. The van der Waals surface area contributed by atoms with Crippen molar-refractivity contribution in [2.75, 3.05) is 0 Å². The zero-order valence-corrected chi connectivity index (χ0v) is 15.1. The predicted molar refractivity (Wildman–Crippen MR) is 94.0 cm³/mol. The molecule has 2 aliphatic heterocycles. The fourth-order valence-corrected chi connectivity index (χ4v) is 3.42. The molecule has 1 aromatic rings. The maximum Gasteiger partial charge on any atom is 0.525 e. The van der Waals surface area contributed by atoms with E-state index in [9.17, 15) is 5.11 Å². The zero-order valence-electron chi connectivity index (χ0n) is 15.1. The van der Waals surface area contributed by atoms with E-state index in [0.717, 1.165) is 12.8 Å². The smallest absolute Gasteiger partial charge is 0.508 e. The van der Waals surface area contributed by atoms with Crippen LogP contribution in [-0.2, 0) is 9.31 Å². The molecule has 25 heavy (non-hydrogen) atoms. The number of ether oxygens (including phenoxy) is 1. The van der Waals surface area contributed by atoms with Gasteiger partial charge in [-0.25, -0.2) is 4.39 Å². The minimum atomic E-state index is -1.03. The first-order chi connectivity index (χ1) is 11.7. The molecule has 6 heteroatoms. The Morgan fingerprint density at radius 2 is 1.80 bits per heavy atom. The summed E-state index contributed by atoms with van der Waals surface area (Å²) in [6, 6.07) is 4.83. The summed E-state index contributed by atoms with van der Waals surface area (Å²) in [7, 11) is -1.03. The summed E-state index contributed by atoms with van der Waals surface area (Å²) in [6.07, 6.45) is 2.67. The largest absolute Gasteiger partial charge is 0.525 e. The Morgan fingerprint density at radius 1 is 1.16 bits per heavy atom. The van der Waals surface area contributed by atoms with Gasteiger partial charge in [-0.3, -0.25) is 0 Å². The van der Waals surface area contributed by atoms with Crippen LogP contribution in [0.3, 0.4) is 0 Å². The van der Waals surface area contributed by atoms with Gasteiger partial charge in [-0.15, -0.1) is 0 Å². The van der Waals surface area contributed by atoms with Gasteiger partial charge in [0, 0.05) is 12.0 Å². The fourth-order valence-electron chi connectivity index (χ4n) is 3.42. The molecule has 4 rings (SSSR count). The van der Waals surface area contributed by atoms with Crippen molar-refractivity contribution < 1.29 is 23.5 Å². The number of phenols is 1. The third-order valence-corrected chi connectivity index (χ3v) is 5.87. The van der Waals surface area contributed by atoms with Crippen LogP contribution < -0.4 is 4.74 Å². The van der Waals surface area contributed by atoms with Crippen molar-refractivity contribution in [1.29, 1.82) is 0 Å². The standard InChI is InChI=1S/C19H24BFO4/c1-18(2)19(3,4)25-20(24-18)17(21)14-10-16(11-5-6-11)23-15-8-7-12(22)9-13(14)15/h7-9,11,16,22H,5-6,10H2,1-4H3. The van der Waals surface area contributed by atoms with Crippen LogP contribution in [-0.4, -0.2) is 29.5 Å². The highest BCUT2D eigenvalue weighted by molar-refractivity contribution is 6.55. The lowest BCUT2D eigenvalue weighted by Gasteiger charge is -2.32. The zero-order chi connectivity index (χ0) is 18.0. The Hall–Kier alpha value is -1.53. The lowest BCUT2D eigenvalue weighted by Crippen LogP contribution is -2.41. The summed E-state index contributed by atoms with van der Waals surface area (Å²) < 4.78 is 33.2. The van der Waals surface area contributed by atoms with E-state index in [4.69, 9.17) is 14.0 Å². The van der Waals surface area contributed by atoms with E-state index >= 15 is 4.39 Å². The Balaban J connectivity index is 1.74. The van der Waals surface area contributed by atoms with Gasteiger partial charge in [0.25, 0.3) is 0 Å². The normalized spacial score (nSPS) is 29.2. The minimum absolute atomic E-state index is 0.0276. The van der Waals surface area contributed by atoms with Gasteiger partial charge < -0.3 is 19.2 Å². The Kier molecular flexibility index (Phi) is 3.71. The molecule has 1 unspecified atom stereocenters. The molecular formula is C19H24BFO4. The highest BCUT2D eigenvalue weighted by atomic mass is 19.1. The number of phenolic OH excluding ortho intramolecular Hbond substituents is 1. The molecule has 1 saturated carbocycles. The topological polar surface area (TPSA) is 47.9 Å². The SMILES string of the molecule is CC1(C)OB(C(F)=C2CC(C3CC3)Oc3ccc(O)cc32)OC1(C)C. The van der Waals surface area contributed by atoms with Crippen LogP contribution in [0.25, 0.3) is 5.57 Å². The first kappa shape index (κ1) is 16.9. The van der Waals surface area contributed by atoms with E-state index in [2.05, 4.69) is 0 Å². The molecule has 1 aromatic carbocycles. The van der Waals surface area contributed by atoms with Gasteiger partial charge in [-0.2, -0.15) is 0 Å². The molecule has 0 spiro atoms.